The number of unbranched alkanes of at least 4 members (excludes halogenated alkanes) is 1. The molecule has 0 unspecified atom stereocenters. The highest BCUT2D eigenvalue weighted by atomic mass is 16.5. The summed E-state index contributed by atoms with van der Waals surface area (Å²) in [7, 11) is 1.56. The molecule has 0 atom stereocenters. The number of H-pyrrole nitrogens is 1. The second-order valence-electron chi connectivity index (χ2n) is 9.11. The molecule has 0 aliphatic rings. The Bertz CT molecular complexity index is 1580. The van der Waals surface area contributed by atoms with Crippen molar-refractivity contribution in [2.45, 2.75) is 39.5 Å². The monoisotopic (exact) mass is 507 g/mol. The summed E-state index contributed by atoms with van der Waals surface area (Å²) in [6.45, 7) is 4.08. The molecule has 0 bridgehead atoms. The quantitative estimate of drug-likeness (QED) is 0.307. The van der Waals surface area contributed by atoms with Crippen molar-refractivity contribution in [2.24, 2.45) is 0 Å². The lowest BCUT2D eigenvalue weighted by Gasteiger charge is -2.16. The summed E-state index contributed by atoms with van der Waals surface area (Å²) in [5.41, 5.74) is 6.56. The fourth-order valence-corrected chi connectivity index (χ4v) is 4.61. The number of nitrogens with one attached hydrogen (secondary N) is 1. The molecule has 0 aliphatic carbocycles. The number of nitrogens with zero attached hydrogens (tertiary/aromatic N) is 6. The van der Waals surface area contributed by atoms with Crippen molar-refractivity contribution in [1.82, 2.24) is 35.2 Å². The number of aromatic amines is 1. The second-order valence-corrected chi connectivity index (χ2v) is 9.11. The average Bonchev–Trinajstić information content (AvgIpc) is 3.49. The van der Waals surface area contributed by atoms with Crippen molar-refractivity contribution in [1.29, 1.82) is 0 Å². The Balaban J connectivity index is 1.51. The van der Waals surface area contributed by atoms with Gasteiger partial charge in [-0.2, -0.15) is 5.21 Å². The molecular formula is C29H29N7O2. The number of benzene rings is 2. The molecule has 0 fully saturated rings. The third-order valence-electron chi connectivity index (χ3n) is 6.59. The Kier molecular flexibility index (Phi) is 7.35. The highest BCUT2D eigenvalue weighted by molar-refractivity contribution is 5.80. The van der Waals surface area contributed by atoms with Gasteiger partial charge in [0.2, 0.25) is 11.8 Å². The first-order valence-electron chi connectivity index (χ1n) is 12.6. The molecule has 0 aliphatic heterocycles. The minimum atomic E-state index is -0.0900. The minimum Gasteiger partial charge on any atom is -0.494 e. The summed E-state index contributed by atoms with van der Waals surface area (Å²) in [5, 5.41) is 14.5. The maximum Gasteiger partial charge on any atom is 0.261 e. The molecule has 3 heterocycles. The first-order chi connectivity index (χ1) is 18.6. The number of aromatic nitrogens is 7. The SMILES string of the molecule is CCCCc1cc(C)n(-c2ncc(OC)cn2)c(=O)c1Cc1ccc(-c2ccccc2-c2nn[nH]n2)cc1. The molecule has 0 radical (unpaired) electrons. The maximum absolute atomic E-state index is 13.8. The number of pyridine rings is 1. The van der Waals surface area contributed by atoms with E-state index in [1.54, 1.807) is 24.1 Å². The van der Waals surface area contributed by atoms with Crippen LogP contribution in [0.2, 0.25) is 0 Å². The van der Waals surface area contributed by atoms with Crippen molar-refractivity contribution in [2.75, 3.05) is 7.11 Å². The summed E-state index contributed by atoms with van der Waals surface area (Å²) in [6, 6.07) is 18.3. The second kappa shape index (κ2) is 11.2. The largest absolute Gasteiger partial charge is 0.494 e. The van der Waals surface area contributed by atoms with E-state index in [2.05, 4.69) is 67.8 Å². The van der Waals surface area contributed by atoms with Crippen LogP contribution < -0.4 is 10.3 Å². The number of hydrogen-bond donors (Lipinski definition) is 1. The van der Waals surface area contributed by atoms with E-state index in [9.17, 15) is 4.79 Å². The first-order valence-corrected chi connectivity index (χ1v) is 12.6. The fraction of sp³-hybridized carbons (Fsp3) is 0.241. The molecule has 9 nitrogen and oxygen atoms in total. The van der Waals surface area contributed by atoms with Gasteiger partial charge in [0.1, 0.15) is 0 Å². The lowest BCUT2D eigenvalue weighted by molar-refractivity contribution is 0.410. The molecule has 0 spiro atoms. The molecule has 2 aromatic carbocycles. The van der Waals surface area contributed by atoms with Gasteiger partial charge >= 0.3 is 0 Å². The van der Waals surface area contributed by atoms with Crippen LogP contribution in [0.5, 0.6) is 5.75 Å². The summed E-state index contributed by atoms with van der Waals surface area (Å²) in [4.78, 5) is 22.6. The Morgan fingerprint density at radius 3 is 2.39 bits per heavy atom. The standard InChI is InChI=1S/C29H29N7O2/c1-4-5-8-22-15-19(2)36(29-30-17-23(38-3)18-31-29)28(37)26(22)16-20-11-13-21(14-12-20)24-9-6-7-10-25(24)27-32-34-35-33-27/h6-7,9-15,17-18H,4-5,8,16H2,1-3H3,(H,32,33,34,35). The van der Waals surface area contributed by atoms with Gasteiger partial charge in [-0.25, -0.2) is 14.5 Å². The van der Waals surface area contributed by atoms with Crippen LogP contribution in [0, 0.1) is 6.92 Å². The van der Waals surface area contributed by atoms with Gasteiger partial charge in [-0.15, -0.1) is 10.2 Å². The molecule has 1 N–H and O–H groups in total. The highest BCUT2D eigenvalue weighted by Gasteiger charge is 2.17. The van der Waals surface area contributed by atoms with Crippen molar-refractivity contribution in [3.63, 3.8) is 0 Å². The van der Waals surface area contributed by atoms with Gasteiger partial charge < -0.3 is 4.74 Å². The van der Waals surface area contributed by atoms with Crippen LogP contribution in [0.15, 0.2) is 71.8 Å². The van der Waals surface area contributed by atoms with Crippen molar-refractivity contribution in [3.05, 3.63) is 99.7 Å². The predicted molar refractivity (Wildman–Crippen MR) is 145 cm³/mol. The molecule has 3 aromatic heterocycles. The Labute approximate surface area is 220 Å². The Hall–Kier alpha value is -4.66. The van der Waals surface area contributed by atoms with E-state index in [0.717, 1.165) is 58.3 Å². The van der Waals surface area contributed by atoms with E-state index in [1.165, 1.54) is 0 Å². The fourth-order valence-electron chi connectivity index (χ4n) is 4.61. The van der Waals surface area contributed by atoms with Crippen LogP contribution >= 0.6 is 0 Å². The average molecular weight is 508 g/mol. The van der Waals surface area contributed by atoms with Crippen molar-refractivity contribution in [3.8, 4) is 34.2 Å². The Morgan fingerprint density at radius 2 is 1.74 bits per heavy atom. The van der Waals surface area contributed by atoms with Crippen LogP contribution in [0.25, 0.3) is 28.5 Å². The van der Waals surface area contributed by atoms with Gasteiger partial charge in [0.15, 0.2) is 5.75 Å². The maximum atomic E-state index is 13.8. The number of tetrazole rings is 1. The summed E-state index contributed by atoms with van der Waals surface area (Å²) < 4.78 is 6.76. The van der Waals surface area contributed by atoms with E-state index in [4.69, 9.17) is 4.74 Å². The first kappa shape index (κ1) is 25.0. The number of methoxy groups -OCH3 is 1. The molecule has 0 saturated heterocycles. The van der Waals surface area contributed by atoms with Crippen LogP contribution in [0.1, 0.15) is 42.1 Å². The van der Waals surface area contributed by atoms with Gasteiger partial charge in [-0.3, -0.25) is 4.79 Å². The Morgan fingerprint density at radius 1 is 1.00 bits per heavy atom. The van der Waals surface area contributed by atoms with Gasteiger partial charge in [-0.05, 0) is 53.3 Å². The van der Waals surface area contributed by atoms with Crippen LogP contribution in [-0.2, 0) is 12.8 Å². The lowest BCUT2D eigenvalue weighted by atomic mass is 9.94. The molecule has 9 heteroatoms. The van der Waals surface area contributed by atoms with Crippen LogP contribution in [-0.4, -0.2) is 42.3 Å². The van der Waals surface area contributed by atoms with E-state index in [-0.39, 0.29) is 5.56 Å². The topological polar surface area (TPSA) is 111 Å². The predicted octanol–water partition coefficient (Wildman–Crippen LogP) is 4.73. The highest BCUT2D eigenvalue weighted by Crippen LogP contribution is 2.30. The zero-order chi connectivity index (χ0) is 26.5. The van der Waals surface area contributed by atoms with E-state index in [0.29, 0.717) is 23.9 Å². The molecule has 38 heavy (non-hydrogen) atoms. The molecule has 0 saturated carbocycles. The van der Waals surface area contributed by atoms with Crippen LogP contribution in [0.4, 0.5) is 0 Å². The molecular weight excluding hydrogens is 478 g/mol. The normalized spacial score (nSPS) is 11.0. The van der Waals surface area contributed by atoms with Gasteiger partial charge in [-0.1, -0.05) is 61.9 Å². The number of hydrogen-bond acceptors (Lipinski definition) is 7. The zero-order valence-electron chi connectivity index (χ0n) is 21.7. The lowest BCUT2D eigenvalue weighted by Crippen LogP contribution is -2.27. The number of ether oxygens (including phenoxy) is 1. The van der Waals surface area contributed by atoms with Gasteiger partial charge in [0.25, 0.3) is 5.56 Å². The third kappa shape index (κ3) is 5.08. The van der Waals surface area contributed by atoms with E-state index in [1.807, 2.05) is 31.2 Å². The summed E-state index contributed by atoms with van der Waals surface area (Å²) in [6.07, 6.45) is 6.58. The van der Waals surface area contributed by atoms with Gasteiger partial charge in [0.05, 0.1) is 19.5 Å². The van der Waals surface area contributed by atoms with Crippen LogP contribution in [0.3, 0.4) is 0 Å². The minimum absolute atomic E-state index is 0.0900. The number of aryl methyl sites for hydroxylation is 2. The van der Waals surface area contributed by atoms with E-state index < -0.39 is 0 Å². The summed E-state index contributed by atoms with van der Waals surface area (Å²) in [5.74, 6) is 1.43. The molecule has 192 valence electrons. The summed E-state index contributed by atoms with van der Waals surface area (Å²) >= 11 is 0. The molecule has 0 amide bonds. The number of rotatable bonds is 9. The van der Waals surface area contributed by atoms with Crippen molar-refractivity contribution < 1.29 is 4.74 Å². The third-order valence-corrected chi connectivity index (χ3v) is 6.59. The van der Waals surface area contributed by atoms with Gasteiger partial charge in [0, 0.05) is 23.2 Å². The zero-order valence-corrected chi connectivity index (χ0v) is 21.7. The molecule has 5 rings (SSSR count). The molecule has 5 aromatic rings. The van der Waals surface area contributed by atoms with Crippen molar-refractivity contribution >= 4 is 0 Å². The smallest absolute Gasteiger partial charge is 0.261 e. The van der Waals surface area contributed by atoms with E-state index >= 15 is 0 Å².